The van der Waals surface area contributed by atoms with Gasteiger partial charge in [0.15, 0.2) is 0 Å². The minimum atomic E-state index is -0.589. The molecule has 0 bridgehead atoms. The lowest BCUT2D eigenvalue weighted by atomic mass is 9.97. The van der Waals surface area contributed by atoms with Gasteiger partial charge in [0.05, 0.1) is 38.8 Å². The summed E-state index contributed by atoms with van der Waals surface area (Å²) >= 11 is 0. The molecule has 0 aliphatic heterocycles. The van der Waals surface area contributed by atoms with E-state index >= 15 is 0 Å². The maximum absolute atomic E-state index is 12.9. The Kier molecular flexibility index (Phi) is 33.6. The SMILES string of the molecule is CCCCCCCCCCC=CCCCCCCCCC(CC(=O)OCCN(CCO)CCO)C(=O)OCCN(CCO)CCO. The number of aliphatic hydroxyl groups excluding tert-OH is 4. The van der Waals surface area contributed by atoms with Gasteiger partial charge in [-0.2, -0.15) is 0 Å². The molecule has 0 aliphatic rings. The Labute approximate surface area is 280 Å². The van der Waals surface area contributed by atoms with E-state index in [4.69, 9.17) is 19.7 Å². The first-order valence-electron chi connectivity index (χ1n) is 18.4. The fourth-order valence-corrected chi connectivity index (χ4v) is 5.47. The zero-order valence-electron chi connectivity index (χ0n) is 29.3. The van der Waals surface area contributed by atoms with Gasteiger partial charge in [0.2, 0.25) is 0 Å². The Morgan fingerprint density at radius 3 is 1.43 bits per heavy atom. The number of hydrogen-bond acceptors (Lipinski definition) is 10. The van der Waals surface area contributed by atoms with E-state index in [1.807, 2.05) is 4.90 Å². The lowest BCUT2D eigenvalue weighted by molar-refractivity contribution is -0.156. The molecule has 0 rings (SSSR count). The van der Waals surface area contributed by atoms with Crippen molar-refractivity contribution in [2.75, 3.05) is 78.9 Å². The average molecular weight is 659 g/mol. The van der Waals surface area contributed by atoms with Crippen LogP contribution in [0, 0.1) is 5.92 Å². The molecule has 0 amide bonds. The predicted octanol–water partition coefficient (Wildman–Crippen LogP) is 4.86. The Bertz CT molecular complexity index is 697. The van der Waals surface area contributed by atoms with Crippen molar-refractivity contribution in [2.24, 2.45) is 5.92 Å². The van der Waals surface area contributed by atoms with E-state index in [1.165, 1.54) is 70.6 Å². The monoisotopic (exact) mass is 659 g/mol. The number of esters is 2. The summed E-state index contributed by atoms with van der Waals surface area (Å²) in [5, 5.41) is 36.7. The topological polar surface area (TPSA) is 140 Å². The normalized spacial score (nSPS) is 12.4. The van der Waals surface area contributed by atoms with Gasteiger partial charge in [-0.25, -0.2) is 0 Å². The number of hydrogen-bond donors (Lipinski definition) is 4. The van der Waals surface area contributed by atoms with Crippen molar-refractivity contribution in [2.45, 2.75) is 122 Å². The molecule has 0 aromatic carbocycles. The van der Waals surface area contributed by atoms with Crippen LogP contribution >= 0.6 is 0 Å². The van der Waals surface area contributed by atoms with E-state index in [1.54, 1.807) is 4.90 Å². The number of carbonyl (C=O) groups excluding carboxylic acids is 2. The number of ether oxygens (including phenoxy) is 2. The van der Waals surface area contributed by atoms with Gasteiger partial charge in [0.1, 0.15) is 13.2 Å². The van der Waals surface area contributed by atoms with E-state index in [-0.39, 0.29) is 46.1 Å². The molecule has 0 fully saturated rings. The molecule has 4 N–H and O–H groups in total. The zero-order chi connectivity index (χ0) is 33.9. The first-order chi connectivity index (χ1) is 22.5. The molecule has 0 radical (unpaired) electrons. The summed E-state index contributed by atoms with van der Waals surface area (Å²) in [7, 11) is 0. The van der Waals surface area contributed by atoms with E-state index in [2.05, 4.69) is 19.1 Å². The molecular weight excluding hydrogens is 588 g/mol. The van der Waals surface area contributed by atoms with Crippen molar-refractivity contribution in [1.82, 2.24) is 9.80 Å². The summed E-state index contributed by atoms with van der Waals surface area (Å²) in [5.74, 6) is -1.48. The Morgan fingerprint density at radius 2 is 0.978 bits per heavy atom. The van der Waals surface area contributed by atoms with Crippen LogP contribution in [0.5, 0.6) is 0 Å². The van der Waals surface area contributed by atoms with Crippen molar-refractivity contribution in [3.05, 3.63) is 12.2 Å². The highest BCUT2D eigenvalue weighted by Gasteiger charge is 2.24. The number of allylic oxidation sites excluding steroid dienone is 2. The van der Waals surface area contributed by atoms with Gasteiger partial charge >= 0.3 is 11.9 Å². The molecule has 1 atom stereocenters. The number of unbranched alkanes of at least 4 members (excludes halogenated alkanes) is 14. The molecule has 0 saturated carbocycles. The molecule has 46 heavy (non-hydrogen) atoms. The minimum Gasteiger partial charge on any atom is -0.464 e. The molecule has 0 spiro atoms. The summed E-state index contributed by atoms with van der Waals surface area (Å²) in [6, 6.07) is 0. The highest BCUT2D eigenvalue weighted by Crippen LogP contribution is 2.18. The lowest BCUT2D eigenvalue weighted by Gasteiger charge is -2.21. The highest BCUT2D eigenvalue weighted by atomic mass is 16.5. The van der Waals surface area contributed by atoms with Gasteiger partial charge < -0.3 is 29.9 Å². The zero-order valence-corrected chi connectivity index (χ0v) is 29.3. The van der Waals surface area contributed by atoms with E-state index < -0.39 is 17.9 Å². The van der Waals surface area contributed by atoms with Crippen LogP contribution in [0.4, 0.5) is 0 Å². The molecule has 10 heteroatoms. The third-order valence-electron chi connectivity index (χ3n) is 8.30. The first kappa shape index (κ1) is 44.4. The standard InChI is InChI=1S/C36H70N2O8/c1-2-3-4-5-6-7-8-9-10-11-12-13-14-15-16-17-18-19-20-34(36(44)46-32-26-38(23-29-41)24-30-42)33-35(43)45-31-25-37(21-27-39)22-28-40/h11-12,34,39-42H,2-10,13-33H2,1H3. The molecule has 0 aromatic rings. The van der Waals surface area contributed by atoms with Crippen molar-refractivity contribution in [3.63, 3.8) is 0 Å². The quantitative estimate of drug-likeness (QED) is 0.0424. The van der Waals surface area contributed by atoms with Gasteiger partial charge in [-0.3, -0.25) is 19.4 Å². The highest BCUT2D eigenvalue weighted by molar-refractivity contribution is 5.79. The van der Waals surface area contributed by atoms with Crippen LogP contribution in [0.1, 0.15) is 122 Å². The van der Waals surface area contributed by atoms with E-state index in [9.17, 15) is 19.8 Å². The second-order valence-corrected chi connectivity index (χ2v) is 12.3. The van der Waals surface area contributed by atoms with Crippen molar-refractivity contribution < 1.29 is 39.5 Å². The van der Waals surface area contributed by atoms with Gasteiger partial charge in [-0.05, 0) is 32.1 Å². The van der Waals surface area contributed by atoms with Crippen LogP contribution < -0.4 is 0 Å². The summed E-state index contributed by atoms with van der Waals surface area (Å²) in [6.07, 6.45) is 24.9. The number of carbonyl (C=O) groups is 2. The fraction of sp³-hybridized carbons (Fsp3) is 0.889. The van der Waals surface area contributed by atoms with Crippen molar-refractivity contribution in [3.8, 4) is 0 Å². The second kappa shape index (κ2) is 34.8. The molecule has 10 nitrogen and oxygen atoms in total. The maximum atomic E-state index is 12.9. The molecule has 0 aliphatic carbocycles. The van der Waals surface area contributed by atoms with Crippen LogP contribution in [0.3, 0.4) is 0 Å². The van der Waals surface area contributed by atoms with Crippen LogP contribution in [-0.2, 0) is 19.1 Å². The van der Waals surface area contributed by atoms with Crippen LogP contribution in [0.25, 0.3) is 0 Å². The second-order valence-electron chi connectivity index (χ2n) is 12.3. The third kappa shape index (κ3) is 28.6. The number of nitrogens with zero attached hydrogens (tertiary/aromatic N) is 2. The Morgan fingerprint density at radius 1 is 0.565 bits per heavy atom. The molecule has 0 heterocycles. The summed E-state index contributed by atoms with van der Waals surface area (Å²) in [5.41, 5.74) is 0. The van der Waals surface area contributed by atoms with E-state index in [0.717, 1.165) is 32.1 Å². The van der Waals surface area contributed by atoms with Crippen LogP contribution in [0.15, 0.2) is 12.2 Å². The number of rotatable bonds is 35. The summed E-state index contributed by atoms with van der Waals surface area (Å²) in [4.78, 5) is 29.1. The van der Waals surface area contributed by atoms with Gasteiger partial charge in [0, 0.05) is 39.3 Å². The number of aliphatic hydroxyl groups is 4. The largest absolute Gasteiger partial charge is 0.464 e. The molecule has 1 unspecified atom stereocenters. The third-order valence-corrected chi connectivity index (χ3v) is 8.30. The summed E-state index contributed by atoms with van der Waals surface area (Å²) < 4.78 is 10.9. The Hall–Kier alpha value is -1.56. The maximum Gasteiger partial charge on any atom is 0.309 e. The lowest BCUT2D eigenvalue weighted by Crippen LogP contribution is -2.34. The van der Waals surface area contributed by atoms with Gasteiger partial charge in [-0.15, -0.1) is 0 Å². The molecule has 0 aromatic heterocycles. The average Bonchev–Trinajstić information content (AvgIpc) is 3.04. The smallest absolute Gasteiger partial charge is 0.309 e. The Balaban J connectivity index is 4.37. The van der Waals surface area contributed by atoms with Gasteiger partial charge in [-0.1, -0.05) is 96.1 Å². The summed E-state index contributed by atoms with van der Waals surface area (Å²) in [6.45, 7) is 4.61. The van der Waals surface area contributed by atoms with E-state index in [0.29, 0.717) is 45.7 Å². The van der Waals surface area contributed by atoms with Crippen molar-refractivity contribution >= 4 is 11.9 Å². The molecule has 272 valence electrons. The van der Waals surface area contributed by atoms with Gasteiger partial charge in [0.25, 0.3) is 0 Å². The predicted molar refractivity (Wildman–Crippen MR) is 185 cm³/mol. The first-order valence-corrected chi connectivity index (χ1v) is 18.4. The molecular formula is C36H70N2O8. The van der Waals surface area contributed by atoms with Crippen LogP contribution in [0.2, 0.25) is 0 Å². The van der Waals surface area contributed by atoms with Crippen molar-refractivity contribution in [1.29, 1.82) is 0 Å². The fourth-order valence-electron chi connectivity index (χ4n) is 5.47. The molecule has 0 saturated heterocycles. The minimum absolute atomic E-state index is 0.0491. The van der Waals surface area contributed by atoms with Crippen LogP contribution in [-0.4, -0.2) is 121 Å².